The molecule has 0 aliphatic rings. The van der Waals surface area contributed by atoms with Gasteiger partial charge in [0.25, 0.3) is 5.91 Å². The summed E-state index contributed by atoms with van der Waals surface area (Å²) in [5.41, 5.74) is -0.297. The molecule has 22 heavy (non-hydrogen) atoms. The van der Waals surface area contributed by atoms with Crippen molar-refractivity contribution in [2.45, 2.75) is 32.9 Å². The Balaban J connectivity index is 2.63. The number of hydrogen-bond donors (Lipinski definition) is 2. The molecule has 1 atom stereocenters. The van der Waals surface area contributed by atoms with Crippen LogP contribution in [0.4, 0.5) is 9.18 Å². The zero-order valence-electron chi connectivity index (χ0n) is 12.3. The number of hydrogen-bond acceptors (Lipinski definition) is 4. The van der Waals surface area contributed by atoms with Gasteiger partial charge in [0.15, 0.2) is 6.10 Å². The second-order valence-electron chi connectivity index (χ2n) is 4.79. The third-order valence-corrected chi connectivity index (χ3v) is 2.95. The lowest BCUT2D eigenvalue weighted by atomic mass is 10.2. The zero-order chi connectivity index (χ0) is 16.9. The molecule has 0 spiro atoms. The summed E-state index contributed by atoms with van der Waals surface area (Å²) < 4.78 is 18.9. The second-order valence-corrected chi connectivity index (χ2v) is 5.70. The van der Waals surface area contributed by atoms with E-state index in [1.807, 2.05) is 5.32 Å². The lowest BCUT2D eigenvalue weighted by Gasteiger charge is -2.14. The first-order valence-corrected chi connectivity index (χ1v) is 7.27. The molecule has 2 N–H and O–H groups in total. The van der Waals surface area contributed by atoms with Gasteiger partial charge in [-0.2, -0.15) is 0 Å². The van der Waals surface area contributed by atoms with Crippen molar-refractivity contribution < 1.29 is 23.5 Å². The van der Waals surface area contributed by atoms with E-state index >= 15 is 0 Å². The minimum atomic E-state index is -1.24. The van der Waals surface area contributed by atoms with Crippen LogP contribution < -0.4 is 10.6 Å². The van der Waals surface area contributed by atoms with Crippen LogP contribution in [0.3, 0.4) is 0 Å². The van der Waals surface area contributed by atoms with Crippen molar-refractivity contribution in [1.82, 2.24) is 10.6 Å². The van der Waals surface area contributed by atoms with E-state index in [2.05, 4.69) is 21.2 Å². The molecule has 0 radical (unpaired) electrons. The third kappa shape index (κ3) is 5.44. The Bertz CT molecular complexity index is 592. The number of carbonyl (C=O) groups is 3. The van der Waals surface area contributed by atoms with Crippen molar-refractivity contribution in [2.24, 2.45) is 0 Å². The number of carbonyl (C=O) groups excluding carboxylic acids is 3. The van der Waals surface area contributed by atoms with Crippen LogP contribution >= 0.6 is 15.9 Å². The zero-order valence-corrected chi connectivity index (χ0v) is 13.9. The van der Waals surface area contributed by atoms with E-state index in [-0.39, 0.29) is 11.6 Å². The van der Waals surface area contributed by atoms with Gasteiger partial charge in [0.05, 0.1) is 5.56 Å². The molecule has 1 aromatic carbocycles. The maximum Gasteiger partial charge on any atom is 0.341 e. The standard InChI is InChI=1S/C14H16BrFN2O4/c1-7(2)17-14(21)18-12(19)8(3)22-13(20)10-5-4-9(15)6-11(10)16/h4-8H,1-3H3,(H2,17,18,19,21)/t8-/m0/s1. The molecule has 1 aromatic rings. The lowest BCUT2D eigenvalue weighted by molar-refractivity contribution is -0.127. The largest absolute Gasteiger partial charge is 0.449 e. The molecule has 0 unspecified atom stereocenters. The molecule has 0 saturated heterocycles. The number of halogens is 2. The fraction of sp³-hybridized carbons (Fsp3) is 0.357. The van der Waals surface area contributed by atoms with Crippen LogP contribution in [0.2, 0.25) is 0 Å². The summed E-state index contributed by atoms with van der Waals surface area (Å²) in [6, 6.07) is 2.97. The Kier molecular flexibility index (Phi) is 6.48. The van der Waals surface area contributed by atoms with Crippen molar-refractivity contribution in [3.63, 3.8) is 0 Å². The fourth-order valence-corrected chi connectivity index (χ4v) is 1.78. The summed E-state index contributed by atoms with van der Waals surface area (Å²) in [5, 5.41) is 4.48. The number of esters is 1. The van der Waals surface area contributed by atoms with Gasteiger partial charge in [0, 0.05) is 10.5 Å². The molecule has 0 aliphatic heterocycles. The Labute approximate surface area is 135 Å². The minimum Gasteiger partial charge on any atom is -0.449 e. The van der Waals surface area contributed by atoms with E-state index in [4.69, 9.17) is 4.74 Å². The average Bonchev–Trinajstić information content (AvgIpc) is 2.36. The molecule has 8 heteroatoms. The quantitative estimate of drug-likeness (QED) is 0.792. The summed E-state index contributed by atoms with van der Waals surface area (Å²) in [5.74, 6) is -2.56. The summed E-state index contributed by atoms with van der Waals surface area (Å²) in [7, 11) is 0. The molecule has 120 valence electrons. The van der Waals surface area contributed by atoms with Crippen molar-refractivity contribution in [2.75, 3.05) is 0 Å². The number of urea groups is 1. The van der Waals surface area contributed by atoms with E-state index in [1.165, 1.54) is 19.1 Å². The molecule has 0 heterocycles. The van der Waals surface area contributed by atoms with Crippen molar-refractivity contribution in [3.05, 3.63) is 34.1 Å². The summed E-state index contributed by atoms with van der Waals surface area (Å²) in [6.07, 6.45) is -1.24. The topological polar surface area (TPSA) is 84.5 Å². The summed E-state index contributed by atoms with van der Waals surface area (Å²) >= 11 is 3.07. The molecule has 0 fully saturated rings. The van der Waals surface area contributed by atoms with E-state index in [1.54, 1.807) is 13.8 Å². The number of rotatable bonds is 4. The monoisotopic (exact) mass is 374 g/mol. The highest BCUT2D eigenvalue weighted by Gasteiger charge is 2.22. The molecule has 0 saturated carbocycles. The Hall–Kier alpha value is -1.96. The first-order chi connectivity index (χ1) is 10.2. The first-order valence-electron chi connectivity index (χ1n) is 6.48. The summed E-state index contributed by atoms with van der Waals surface area (Å²) in [4.78, 5) is 34.9. The number of ether oxygens (including phenoxy) is 1. The molecule has 0 bridgehead atoms. The van der Waals surface area contributed by atoms with Gasteiger partial charge in [-0.15, -0.1) is 0 Å². The van der Waals surface area contributed by atoms with Gasteiger partial charge in [-0.3, -0.25) is 10.1 Å². The molecular weight excluding hydrogens is 359 g/mol. The number of benzene rings is 1. The van der Waals surface area contributed by atoms with Crippen molar-refractivity contribution in [1.29, 1.82) is 0 Å². The maximum atomic E-state index is 13.6. The highest BCUT2D eigenvalue weighted by molar-refractivity contribution is 9.10. The highest BCUT2D eigenvalue weighted by Crippen LogP contribution is 2.16. The molecular formula is C14H16BrFN2O4. The van der Waals surface area contributed by atoms with E-state index < -0.39 is 29.8 Å². The van der Waals surface area contributed by atoms with Gasteiger partial charge in [-0.25, -0.2) is 14.0 Å². The van der Waals surface area contributed by atoms with E-state index in [9.17, 15) is 18.8 Å². The van der Waals surface area contributed by atoms with Crippen molar-refractivity contribution >= 4 is 33.8 Å². The Morgan fingerprint density at radius 2 is 1.86 bits per heavy atom. The summed E-state index contributed by atoms with van der Waals surface area (Å²) in [6.45, 7) is 4.74. The predicted molar refractivity (Wildman–Crippen MR) is 80.8 cm³/mol. The van der Waals surface area contributed by atoms with Crippen molar-refractivity contribution in [3.8, 4) is 0 Å². The molecule has 1 rings (SSSR count). The minimum absolute atomic E-state index is 0.150. The Morgan fingerprint density at radius 1 is 1.23 bits per heavy atom. The van der Waals surface area contributed by atoms with Crippen LogP contribution in [0.5, 0.6) is 0 Å². The van der Waals surface area contributed by atoms with Gasteiger partial charge in [0.2, 0.25) is 0 Å². The van der Waals surface area contributed by atoms with Crippen LogP contribution in [-0.4, -0.2) is 30.1 Å². The van der Waals surface area contributed by atoms with Crippen LogP contribution in [0.1, 0.15) is 31.1 Å². The fourth-order valence-electron chi connectivity index (χ4n) is 1.44. The van der Waals surface area contributed by atoms with Gasteiger partial charge >= 0.3 is 12.0 Å². The van der Waals surface area contributed by atoms with Crippen LogP contribution in [0, 0.1) is 5.82 Å². The molecule has 6 nitrogen and oxygen atoms in total. The van der Waals surface area contributed by atoms with Crippen LogP contribution in [0.25, 0.3) is 0 Å². The Morgan fingerprint density at radius 3 is 2.41 bits per heavy atom. The second kappa shape index (κ2) is 7.88. The van der Waals surface area contributed by atoms with E-state index in [0.29, 0.717) is 4.47 Å². The number of nitrogens with one attached hydrogen (secondary N) is 2. The number of amides is 3. The molecule has 3 amide bonds. The lowest BCUT2D eigenvalue weighted by Crippen LogP contribution is -2.46. The van der Waals surface area contributed by atoms with Gasteiger partial charge in [0.1, 0.15) is 5.82 Å². The maximum absolute atomic E-state index is 13.6. The van der Waals surface area contributed by atoms with Crippen LogP contribution in [-0.2, 0) is 9.53 Å². The normalized spacial score (nSPS) is 11.7. The SMILES string of the molecule is CC(C)NC(=O)NC(=O)[C@H](C)OC(=O)c1ccc(Br)cc1F. The smallest absolute Gasteiger partial charge is 0.341 e. The van der Waals surface area contributed by atoms with Gasteiger partial charge < -0.3 is 10.1 Å². The first kappa shape index (κ1) is 18.1. The highest BCUT2D eigenvalue weighted by atomic mass is 79.9. The third-order valence-electron chi connectivity index (χ3n) is 2.46. The van der Waals surface area contributed by atoms with Crippen LogP contribution in [0.15, 0.2) is 22.7 Å². The van der Waals surface area contributed by atoms with E-state index in [0.717, 1.165) is 6.07 Å². The molecule has 0 aromatic heterocycles. The molecule has 0 aliphatic carbocycles. The van der Waals surface area contributed by atoms with Gasteiger partial charge in [-0.05, 0) is 39.0 Å². The predicted octanol–water partition coefficient (Wildman–Crippen LogP) is 2.37. The van der Waals surface area contributed by atoms with Gasteiger partial charge in [-0.1, -0.05) is 15.9 Å². The number of imide groups is 1. The average molecular weight is 375 g/mol.